The fourth-order valence-electron chi connectivity index (χ4n) is 0.517. The molecule has 1 rings (SSSR count). The van der Waals surface area contributed by atoms with Crippen LogP contribution in [-0.4, -0.2) is 10.2 Å². The fourth-order valence-corrected chi connectivity index (χ4v) is 0.517. The van der Waals surface area contributed by atoms with Gasteiger partial charge in [0.05, 0.1) is 0 Å². The molecule has 0 spiro atoms. The molecule has 0 amide bonds. The average molecular weight is 152 g/mol. The fraction of sp³-hybridized carbons (Fsp3) is 0.250. The summed E-state index contributed by atoms with van der Waals surface area (Å²) in [7, 11) is 0. The first-order valence-corrected chi connectivity index (χ1v) is 2.35. The Morgan fingerprint density at radius 1 is 1.40 bits per heavy atom. The van der Waals surface area contributed by atoms with Crippen LogP contribution >= 0.6 is 0 Å². The molecule has 0 saturated carbocycles. The van der Waals surface area contributed by atoms with E-state index in [0.29, 0.717) is 6.20 Å². The average Bonchev–Trinajstić information content (AvgIpc) is 2.11. The van der Waals surface area contributed by atoms with Crippen LogP contribution in [0.25, 0.3) is 0 Å². The van der Waals surface area contributed by atoms with E-state index < -0.39 is 17.3 Å². The number of nitrogens with one attached hydrogen (secondary N) is 2. The molecule has 10 heavy (non-hydrogen) atoms. The summed E-state index contributed by atoms with van der Waals surface area (Å²) in [4.78, 5) is 10.3. The lowest BCUT2D eigenvalue weighted by molar-refractivity contribution is -0.138. The van der Waals surface area contributed by atoms with Crippen LogP contribution < -0.4 is 5.56 Å². The second-order valence-electron chi connectivity index (χ2n) is 1.65. The van der Waals surface area contributed by atoms with Gasteiger partial charge < -0.3 is 5.10 Å². The number of alkyl halides is 3. The van der Waals surface area contributed by atoms with E-state index in [-0.39, 0.29) is 0 Å². The summed E-state index contributed by atoms with van der Waals surface area (Å²) in [6.45, 7) is 0. The van der Waals surface area contributed by atoms with Crippen molar-refractivity contribution < 1.29 is 13.2 Å². The van der Waals surface area contributed by atoms with Gasteiger partial charge in [-0.05, 0) is 0 Å². The molecule has 2 N–H and O–H groups in total. The molecule has 0 radical (unpaired) electrons. The van der Waals surface area contributed by atoms with Gasteiger partial charge in [0.1, 0.15) is 5.56 Å². The Kier molecular flexibility index (Phi) is 1.31. The first kappa shape index (κ1) is 6.91. The van der Waals surface area contributed by atoms with Crippen LogP contribution in [0.3, 0.4) is 0 Å². The van der Waals surface area contributed by atoms with E-state index >= 15 is 0 Å². The monoisotopic (exact) mass is 152 g/mol. The lowest BCUT2D eigenvalue weighted by Gasteiger charge is -1.98. The molecule has 0 unspecified atom stereocenters. The van der Waals surface area contributed by atoms with Crippen LogP contribution in [0.2, 0.25) is 0 Å². The van der Waals surface area contributed by atoms with E-state index in [0.717, 1.165) is 0 Å². The topological polar surface area (TPSA) is 48.6 Å². The quantitative estimate of drug-likeness (QED) is 0.565. The van der Waals surface area contributed by atoms with Gasteiger partial charge in [0.25, 0.3) is 5.56 Å². The molecule has 3 nitrogen and oxygen atoms in total. The van der Waals surface area contributed by atoms with E-state index in [4.69, 9.17) is 0 Å². The first-order valence-electron chi connectivity index (χ1n) is 2.35. The second-order valence-corrected chi connectivity index (χ2v) is 1.65. The molecule has 0 aliphatic rings. The van der Waals surface area contributed by atoms with E-state index in [2.05, 4.69) is 0 Å². The number of hydrogen-bond acceptors (Lipinski definition) is 1. The Balaban J connectivity index is 3.18. The van der Waals surface area contributed by atoms with E-state index in [1.807, 2.05) is 5.10 Å². The minimum Gasteiger partial charge on any atom is -0.305 e. The van der Waals surface area contributed by atoms with Crippen molar-refractivity contribution >= 4 is 0 Å². The largest absolute Gasteiger partial charge is 0.423 e. The third-order valence-corrected chi connectivity index (χ3v) is 0.952. The summed E-state index contributed by atoms with van der Waals surface area (Å²) in [6, 6.07) is 0. The van der Waals surface area contributed by atoms with Crippen molar-refractivity contribution in [3.63, 3.8) is 0 Å². The highest BCUT2D eigenvalue weighted by Crippen LogP contribution is 2.25. The molecule has 0 bridgehead atoms. The van der Waals surface area contributed by atoms with Gasteiger partial charge in [0, 0.05) is 6.20 Å². The molecule has 1 heterocycles. The zero-order chi connectivity index (χ0) is 7.78. The van der Waals surface area contributed by atoms with Gasteiger partial charge in [-0.3, -0.25) is 9.89 Å². The molecule has 0 aliphatic heterocycles. The maximum absolute atomic E-state index is 11.6. The van der Waals surface area contributed by atoms with E-state index in [1.165, 1.54) is 0 Å². The van der Waals surface area contributed by atoms with Crippen molar-refractivity contribution in [2.45, 2.75) is 6.18 Å². The molecule has 1 aromatic rings. The third-order valence-electron chi connectivity index (χ3n) is 0.952. The number of aromatic amines is 2. The third kappa shape index (κ3) is 1.04. The Morgan fingerprint density at radius 3 is 2.20 bits per heavy atom. The molecular formula is C4H3F3N2O. The molecule has 0 saturated heterocycles. The van der Waals surface area contributed by atoms with E-state index in [1.54, 1.807) is 5.10 Å². The van der Waals surface area contributed by atoms with Crippen LogP contribution in [0, 0.1) is 0 Å². The Hall–Kier alpha value is -1.20. The molecule has 0 atom stereocenters. The molecule has 0 aromatic carbocycles. The van der Waals surface area contributed by atoms with Crippen LogP contribution in [0.4, 0.5) is 13.2 Å². The summed E-state index contributed by atoms with van der Waals surface area (Å²) in [5.41, 5.74) is -2.35. The number of hydrogen-bond donors (Lipinski definition) is 2. The number of H-pyrrole nitrogens is 2. The van der Waals surface area contributed by atoms with Gasteiger partial charge in [-0.2, -0.15) is 13.2 Å². The second kappa shape index (κ2) is 1.89. The van der Waals surface area contributed by atoms with Crippen LogP contribution in [0.5, 0.6) is 0 Å². The van der Waals surface area contributed by atoms with Crippen LogP contribution in [0.1, 0.15) is 5.56 Å². The molecule has 0 fully saturated rings. The van der Waals surface area contributed by atoms with Gasteiger partial charge >= 0.3 is 6.18 Å². The molecule has 0 aliphatic carbocycles. The number of halogens is 3. The summed E-state index contributed by atoms with van der Waals surface area (Å²) in [5, 5.41) is 3.72. The normalized spacial score (nSPS) is 11.9. The summed E-state index contributed by atoms with van der Waals surface area (Å²) >= 11 is 0. The van der Waals surface area contributed by atoms with Gasteiger partial charge in [0.15, 0.2) is 0 Å². The van der Waals surface area contributed by atoms with Gasteiger partial charge in [-0.15, -0.1) is 0 Å². The summed E-state index contributed by atoms with van der Waals surface area (Å²) in [6.07, 6.45) is -3.98. The highest BCUT2D eigenvalue weighted by molar-refractivity contribution is 5.07. The van der Waals surface area contributed by atoms with Crippen molar-refractivity contribution in [2.75, 3.05) is 0 Å². The van der Waals surface area contributed by atoms with Crippen molar-refractivity contribution in [2.24, 2.45) is 0 Å². The van der Waals surface area contributed by atoms with Crippen molar-refractivity contribution in [1.82, 2.24) is 10.2 Å². The van der Waals surface area contributed by atoms with Crippen molar-refractivity contribution in [3.05, 3.63) is 22.1 Å². The van der Waals surface area contributed by atoms with Crippen molar-refractivity contribution in [3.8, 4) is 0 Å². The van der Waals surface area contributed by atoms with Gasteiger partial charge in [-0.25, -0.2) is 0 Å². The predicted molar refractivity (Wildman–Crippen MR) is 26.4 cm³/mol. The smallest absolute Gasteiger partial charge is 0.305 e. The zero-order valence-corrected chi connectivity index (χ0v) is 4.62. The molecule has 56 valence electrons. The SMILES string of the molecule is O=c1[nH][nH]cc1C(F)(F)F. The summed E-state index contributed by atoms with van der Waals surface area (Å²) in [5.74, 6) is 0. The maximum Gasteiger partial charge on any atom is 0.423 e. The predicted octanol–water partition coefficient (Wildman–Crippen LogP) is 0.722. The highest BCUT2D eigenvalue weighted by Gasteiger charge is 2.34. The van der Waals surface area contributed by atoms with Crippen LogP contribution in [0.15, 0.2) is 11.0 Å². The Labute approximate surface area is 52.9 Å². The van der Waals surface area contributed by atoms with Gasteiger partial charge in [0.2, 0.25) is 0 Å². The minimum absolute atomic E-state index is 0.586. The number of rotatable bonds is 0. The van der Waals surface area contributed by atoms with Crippen LogP contribution in [-0.2, 0) is 6.18 Å². The standard InChI is InChI=1S/C4H3F3N2O/c5-4(6,7)2-1-8-9-3(2)10/h1H,(H2,8,9,10). The van der Waals surface area contributed by atoms with E-state index in [9.17, 15) is 18.0 Å². The first-order chi connectivity index (χ1) is 4.52. The van der Waals surface area contributed by atoms with Crippen molar-refractivity contribution in [1.29, 1.82) is 0 Å². The minimum atomic E-state index is -4.56. The zero-order valence-electron chi connectivity index (χ0n) is 4.62. The highest BCUT2D eigenvalue weighted by atomic mass is 19.4. The van der Waals surface area contributed by atoms with Gasteiger partial charge in [-0.1, -0.05) is 0 Å². The lowest BCUT2D eigenvalue weighted by atomic mass is 10.3. The number of aromatic nitrogens is 2. The maximum atomic E-state index is 11.6. The molecule has 6 heteroatoms. The lowest BCUT2D eigenvalue weighted by Crippen LogP contribution is -2.16. The Bertz CT molecular complexity index is 271. The molecule has 1 aromatic heterocycles. The molecular weight excluding hydrogens is 149 g/mol. The summed E-state index contributed by atoms with van der Waals surface area (Å²) < 4.78 is 34.9. The Morgan fingerprint density at radius 2 is 2.00 bits per heavy atom.